The van der Waals surface area contributed by atoms with Gasteiger partial charge in [-0.25, -0.2) is 9.97 Å². The van der Waals surface area contributed by atoms with Gasteiger partial charge in [0.05, 0.1) is 18.4 Å². The number of anilines is 2. The normalized spacial score (nSPS) is 15.1. The number of hydrogen-bond acceptors (Lipinski definition) is 6. The zero-order valence-corrected chi connectivity index (χ0v) is 19.1. The van der Waals surface area contributed by atoms with Crippen molar-refractivity contribution in [3.63, 3.8) is 0 Å². The molecule has 32 heavy (non-hydrogen) atoms. The van der Waals surface area contributed by atoms with Crippen molar-refractivity contribution >= 4 is 22.9 Å². The lowest BCUT2D eigenvalue weighted by Gasteiger charge is -2.23. The quantitative estimate of drug-likeness (QED) is 0.412. The van der Waals surface area contributed by atoms with Gasteiger partial charge in [-0.15, -0.1) is 0 Å². The number of rotatable bonds is 7. The summed E-state index contributed by atoms with van der Waals surface area (Å²) in [6, 6.07) is 6.20. The molecule has 0 atom stereocenters. The van der Waals surface area contributed by atoms with Crippen LogP contribution in [0.3, 0.4) is 0 Å². The Morgan fingerprint density at radius 2 is 2.00 bits per heavy atom. The van der Waals surface area contributed by atoms with Crippen LogP contribution in [0.2, 0.25) is 0 Å². The highest BCUT2D eigenvalue weighted by Gasteiger charge is 2.16. The first-order chi connectivity index (χ1) is 15.6. The average Bonchev–Trinajstić information content (AvgIpc) is 3.42. The monoisotopic (exact) mass is 432 g/mol. The summed E-state index contributed by atoms with van der Waals surface area (Å²) in [4.78, 5) is 9.71. The van der Waals surface area contributed by atoms with Crippen molar-refractivity contribution in [2.75, 3.05) is 30.3 Å². The third kappa shape index (κ3) is 4.14. The summed E-state index contributed by atoms with van der Waals surface area (Å²) < 4.78 is 3.98. The van der Waals surface area contributed by atoms with Crippen molar-refractivity contribution in [1.29, 1.82) is 0 Å². The number of aryl methyl sites for hydroxylation is 1. The summed E-state index contributed by atoms with van der Waals surface area (Å²) in [6.45, 7) is 10.2. The molecular formula is C24H32N8. The third-order valence-electron chi connectivity index (χ3n) is 6.33. The molecule has 5 rings (SSSR count). The molecule has 0 aromatic carbocycles. The predicted molar refractivity (Wildman–Crippen MR) is 128 cm³/mol. The fraction of sp³-hybridized carbons (Fsp3) is 0.458. The molecule has 1 aliphatic heterocycles. The van der Waals surface area contributed by atoms with Crippen LogP contribution in [-0.4, -0.2) is 43.6 Å². The number of fused-ring (bicyclic) bond motifs is 2. The second kappa shape index (κ2) is 8.78. The van der Waals surface area contributed by atoms with Crippen LogP contribution in [0.4, 0.5) is 11.6 Å². The zero-order chi connectivity index (χ0) is 22.1. The molecule has 0 spiro atoms. The van der Waals surface area contributed by atoms with Gasteiger partial charge in [-0.2, -0.15) is 9.61 Å². The summed E-state index contributed by atoms with van der Waals surface area (Å²) >= 11 is 0. The number of imidazole rings is 1. The second-order valence-electron chi connectivity index (χ2n) is 9.10. The van der Waals surface area contributed by atoms with E-state index < -0.39 is 0 Å². The molecule has 8 nitrogen and oxygen atoms in total. The lowest BCUT2D eigenvalue weighted by atomic mass is 9.98. The van der Waals surface area contributed by atoms with Crippen LogP contribution in [-0.2, 0) is 6.54 Å². The van der Waals surface area contributed by atoms with Gasteiger partial charge in [-0.05, 0) is 56.3 Å². The third-order valence-corrected chi connectivity index (χ3v) is 6.33. The van der Waals surface area contributed by atoms with Crippen molar-refractivity contribution in [3.8, 4) is 0 Å². The van der Waals surface area contributed by atoms with Gasteiger partial charge in [0.25, 0.3) is 0 Å². The van der Waals surface area contributed by atoms with Crippen LogP contribution in [0.1, 0.15) is 49.4 Å². The molecule has 0 saturated carbocycles. The molecule has 1 fully saturated rings. The van der Waals surface area contributed by atoms with E-state index in [9.17, 15) is 0 Å². The van der Waals surface area contributed by atoms with E-state index >= 15 is 0 Å². The number of nitrogens with zero attached hydrogens (tertiary/aromatic N) is 5. The van der Waals surface area contributed by atoms with Crippen LogP contribution in [0.15, 0.2) is 36.8 Å². The Kier molecular flexibility index (Phi) is 5.70. The van der Waals surface area contributed by atoms with Crippen LogP contribution < -0.4 is 16.0 Å². The van der Waals surface area contributed by atoms with E-state index in [0.29, 0.717) is 18.4 Å². The summed E-state index contributed by atoms with van der Waals surface area (Å²) in [6.07, 6.45) is 8.46. The standard InChI is InChI=1S/C24H32N8/c1-16(2)20-14-28-32-22(27-13-19-15-31-10-4-5-17(3)23(31)29-19)11-21(30-24(20)32)26-12-18-6-8-25-9-7-18/h4-5,10-11,14-16,18,25,27H,6-9,12-13H2,1-3H3,(H,26,30). The molecule has 0 amide bonds. The van der Waals surface area contributed by atoms with Gasteiger partial charge in [0.2, 0.25) is 0 Å². The molecule has 1 aliphatic rings. The van der Waals surface area contributed by atoms with Crippen LogP contribution in [0.25, 0.3) is 11.3 Å². The molecule has 0 unspecified atom stereocenters. The highest BCUT2D eigenvalue weighted by Crippen LogP contribution is 2.25. The van der Waals surface area contributed by atoms with Gasteiger partial charge in [-0.3, -0.25) is 0 Å². The number of hydrogen-bond donors (Lipinski definition) is 3. The molecule has 4 aromatic heterocycles. The SMILES string of the molecule is Cc1cccn2cc(CNc3cc(NCC4CCNCC4)nc4c(C(C)C)cnn34)nc12. The number of piperidine rings is 1. The highest BCUT2D eigenvalue weighted by atomic mass is 15.3. The van der Waals surface area contributed by atoms with Crippen LogP contribution >= 0.6 is 0 Å². The van der Waals surface area contributed by atoms with Crippen molar-refractivity contribution in [3.05, 3.63) is 53.6 Å². The van der Waals surface area contributed by atoms with Gasteiger partial charge in [0.15, 0.2) is 5.65 Å². The predicted octanol–water partition coefficient (Wildman–Crippen LogP) is 3.83. The molecule has 1 saturated heterocycles. The van der Waals surface area contributed by atoms with Crippen LogP contribution in [0.5, 0.6) is 0 Å². The maximum absolute atomic E-state index is 4.92. The Morgan fingerprint density at radius 3 is 2.78 bits per heavy atom. The first-order valence-corrected chi connectivity index (χ1v) is 11.6. The summed E-state index contributed by atoms with van der Waals surface area (Å²) in [7, 11) is 0. The largest absolute Gasteiger partial charge is 0.370 e. The first kappa shape index (κ1) is 20.8. The Hall–Kier alpha value is -3.13. The lowest BCUT2D eigenvalue weighted by Crippen LogP contribution is -2.31. The summed E-state index contributed by atoms with van der Waals surface area (Å²) in [5.74, 6) is 2.85. The van der Waals surface area contributed by atoms with Gasteiger partial charge >= 0.3 is 0 Å². The van der Waals surface area contributed by atoms with Gasteiger partial charge in [0, 0.05) is 30.6 Å². The highest BCUT2D eigenvalue weighted by molar-refractivity contribution is 5.61. The summed E-state index contributed by atoms with van der Waals surface area (Å²) in [5, 5.41) is 15.2. The van der Waals surface area contributed by atoms with E-state index in [1.54, 1.807) is 0 Å². The molecule has 0 radical (unpaired) electrons. The van der Waals surface area contributed by atoms with Crippen molar-refractivity contribution in [2.45, 2.75) is 46.1 Å². The Bertz CT molecular complexity index is 1220. The van der Waals surface area contributed by atoms with E-state index in [-0.39, 0.29) is 0 Å². The van der Waals surface area contributed by atoms with Gasteiger partial charge < -0.3 is 20.4 Å². The van der Waals surface area contributed by atoms with Crippen molar-refractivity contribution in [2.24, 2.45) is 5.92 Å². The molecule has 0 bridgehead atoms. The van der Waals surface area contributed by atoms with E-state index in [1.165, 1.54) is 18.4 Å². The van der Waals surface area contributed by atoms with Crippen LogP contribution in [0, 0.1) is 12.8 Å². The molecule has 3 N–H and O–H groups in total. The average molecular weight is 433 g/mol. The minimum Gasteiger partial charge on any atom is -0.370 e. The Morgan fingerprint density at radius 1 is 1.16 bits per heavy atom. The Balaban J connectivity index is 1.41. The second-order valence-corrected chi connectivity index (χ2v) is 9.10. The Labute approximate surface area is 188 Å². The number of nitrogens with one attached hydrogen (secondary N) is 3. The fourth-order valence-electron chi connectivity index (χ4n) is 4.41. The van der Waals surface area contributed by atoms with Crippen molar-refractivity contribution < 1.29 is 0 Å². The minimum absolute atomic E-state index is 0.355. The van der Waals surface area contributed by atoms with E-state index in [0.717, 1.165) is 53.8 Å². The maximum Gasteiger partial charge on any atom is 0.163 e. The van der Waals surface area contributed by atoms with E-state index in [1.807, 2.05) is 23.0 Å². The van der Waals surface area contributed by atoms with E-state index in [4.69, 9.17) is 9.97 Å². The lowest BCUT2D eigenvalue weighted by molar-refractivity contribution is 0.389. The molecule has 168 valence electrons. The maximum atomic E-state index is 4.92. The number of aromatic nitrogens is 5. The van der Waals surface area contributed by atoms with Gasteiger partial charge in [-0.1, -0.05) is 19.9 Å². The molecule has 0 aliphatic carbocycles. The number of pyridine rings is 1. The molecular weight excluding hydrogens is 400 g/mol. The molecule has 4 aromatic rings. The first-order valence-electron chi connectivity index (χ1n) is 11.6. The van der Waals surface area contributed by atoms with Gasteiger partial charge in [0.1, 0.15) is 17.3 Å². The van der Waals surface area contributed by atoms with Crippen molar-refractivity contribution in [1.82, 2.24) is 29.3 Å². The molecule has 8 heteroatoms. The van der Waals surface area contributed by atoms with E-state index in [2.05, 4.69) is 64.6 Å². The molecule has 5 heterocycles. The zero-order valence-electron chi connectivity index (χ0n) is 19.1. The summed E-state index contributed by atoms with van der Waals surface area (Å²) in [5.41, 5.74) is 5.22. The minimum atomic E-state index is 0.355. The smallest absolute Gasteiger partial charge is 0.163 e. The fourth-order valence-corrected chi connectivity index (χ4v) is 4.41. The topological polar surface area (TPSA) is 83.6 Å².